The van der Waals surface area contributed by atoms with Gasteiger partial charge in [-0.25, -0.2) is 0 Å². The summed E-state index contributed by atoms with van der Waals surface area (Å²) in [4.78, 5) is 9.80. The van der Waals surface area contributed by atoms with Crippen LogP contribution in [0.25, 0.3) is 0 Å². The molecule has 1 nitrogen and oxygen atoms in total. The van der Waals surface area contributed by atoms with Crippen LogP contribution in [0.4, 0.5) is 0 Å². The molecule has 0 spiro atoms. The highest BCUT2D eigenvalue weighted by Gasteiger charge is 1.75. The Labute approximate surface area is 56.1 Å². The van der Waals surface area contributed by atoms with Gasteiger partial charge < -0.3 is 0 Å². The standard InChI is InChI=1S/C8H12O/c1-3-5-8(2)6-4-7-9/h4-7H,3H2,1-2H3. The summed E-state index contributed by atoms with van der Waals surface area (Å²) in [5.74, 6) is 0. The fraction of sp³-hybridized carbons (Fsp3) is 0.375. The summed E-state index contributed by atoms with van der Waals surface area (Å²) in [6, 6.07) is 0. The van der Waals surface area contributed by atoms with E-state index >= 15 is 0 Å². The normalized spacial score (nSPS) is 12.4. The van der Waals surface area contributed by atoms with Gasteiger partial charge >= 0.3 is 0 Å². The first-order valence-corrected chi connectivity index (χ1v) is 3.10. The second-order valence-electron chi connectivity index (χ2n) is 1.85. The van der Waals surface area contributed by atoms with Crippen molar-refractivity contribution in [1.29, 1.82) is 0 Å². The van der Waals surface area contributed by atoms with Gasteiger partial charge in [-0.15, -0.1) is 0 Å². The molecule has 0 aliphatic rings. The van der Waals surface area contributed by atoms with Gasteiger partial charge in [0.05, 0.1) is 0 Å². The highest BCUT2D eigenvalue weighted by atomic mass is 16.1. The van der Waals surface area contributed by atoms with E-state index in [1.807, 2.05) is 6.92 Å². The van der Waals surface area contributed by atoms with Crippen molar-refractivity contribution in [2.24, 2.45) is 0 Å². The third-order valence-corrected chi connectivity index (χ3v) is 0.964. The van der Waals surface area contributed by atoms with E-state index in [4.69, 9.17) is 0 Å². The van der Waals surface area contributed by atoms with Crippen LogP contribution in [0.15, 0.2) is 23.8 Å². The Kier molecular flexibility index (Phi) is 4.79. The summed E-state index contributed by atoms with van der Waals surface area (Å²) < 4.78 is 0. The molecule has 0 radical (unpaired) electrons. The van der Waals surface area contributed by atoms with Crippen LogP contribution in [0, 0.1) is 0 Å². The van der Waals surface area contributed by atoms with Crippen molar-refractivity contribution < 1.29 is 4.79 Å². The minimum absolute atomic E-state index is 0.785. The Morgan fingerprint density at radius 3 is 2.67 bits per heavy atom. The first kappa shape index (κ1) is 8.15. The van der Waals surface area contributed by atoms with Gasteiger partial charge in [-0.3, -0.25) is 4.79 Å². The van der Waals surface area contributed by atoms with Crippen LogP contribution >= 0.6 is 0 Å². The van der Waals surface area contributed by atoms with Crippen LogP contribution in [0.5, 0.6) is 0 Å². The number of allylic oxidation sites excluding steroid dienone is 4. The van der Waals surface area contributed by atoms with E-state index in [1.54, 1.807) is 6.08 Å². The molecule has 0 N–H and O–H groups in total. The number of aldehydes is 1. The fourth-order valence-electron chi connectivity index (χ4n) is 0.581. The lowest BCUT2D eigenvalue weighted by Crippen LogP contribution is -1.67. The van der Waals surface area contributed by atoms with Crippen molar-refractivity contribution in [2.75, 3.05) is 0 Å². The molecule has 0 aliphatic heterocycles. The van der Waals surface area contributed by atoms with Gasteiger partial charge in [0, 0.05) is 0 Å². The predicted molar refractivity (Wildman–Crippen MR) is 39.3 cm³/mol. The lowest BCUT2D eigenvalue weighted by atomic mass is 10.2. The second-order valence-corrected chi connectivity index (χ2v) is 1.85. The van der Waals surface area contributed by atoms with Gasteiger partial charge in [-0.05, 0) is 19.4 Å². The van der Waals surface area contributed by atoms with Gasteiger partial charge in [0.1, 0.15) is 6.29 Å². The summed E-state index contributed by atoms with van der Waals surface area (Å²) in [5, 5.41) is 0. The van der Waals surface area contributed by atoms with Crippen LogP contribution in [0.2, 0.25) is 0 Å². The predicted octanol–water partition coefficient (Wildman–Crippen LogP) is 2.10. The Morgan fingerprint density at radius 1 is 1.56 bits per heavy atom. The maximum atomic E-state index is 9.80. The van der Waals surface area contributed by atoms with Crippen LogP contribution < -0.4 is 0 Å². The van der Waals surface area contributed by atoms with Crippen LogP contribution in [-0.2, 0) is 4.79 Å². The van der Waals surface area contributed by atoms with E-state index in [2.05, 4.69) is 13.0 Å². The molecule has 0 aromatic rings. The van der Waals surface area contributed by atoms with Crippen molar-refractivity contribution in [1.82, 2.24) is 0 Å². The first-order valence-electron chi connectivity index (χ1n) is 3.10. The second kappa shape index (κ2) is 5.29. The van der Waals surface area contributed by atoms with E-state index in [1.165, 1.54) is 6.08 Å². The summed E-state index contributed by atoms with van der Waals surface area (Å²) in [5.41, 5.74) is 1.14. The van der Waals surface area contributed by atoms with Crippen molar-refractivity contribution >= 4 is 6.29 Å². The maximum absolute atomic E-state index is 9.80. The zero-order valence-electron chi connectivity index (χ0n) is 5.92. The first-order chi connectivity index (χ1) is 4.31. The molecular formula is C8H12O. The topological polar surface area (TPSA) is 17.1 Å². The van der Waals surface area contributed by atoms with Crippen molar-refractivity contribution in [2.45, 2.75) is 20.3 Å². The van der Waals surface area contributed by atoms with Crippen molar-refractivity contribution in [3.63, 3.8) is 0 Å². The molecule has 0 fully saturated rings. The third kappa shape index (κ3) is 5.01. The molecule has 9 heavy (non-hydrogen) atoms. The van der Waals surface area contributed by atoms with Gasteiger partial charge in [0.25, 0.3) is 0 Å². The summed E-state index contributed by atoms with van der Waals surface area (Å²) in [6.07, 6.45) is 7.18. The van der Waals surface area contributed by atoms with E-state index in [0.29, 0.717) is 0 Å². The molecule has 0 saturated carbocycles. The van der Waals surface area contributed by atoms with E-state index in [-0.39, 0.29) is 0 Å². The Morgan fingerprint density at radius 2 is 2.22 bits per heavy atom. The average molecular weight is 124 g/mol. The van der Waals surface area contributed by atoms with Crippen molar-refractivity contribution in [3.8, 4) is 0 Å². The molecule has 1 heteroatoms. The van der Waals surface area contributed by atoms with Crippen LogP contribution in [0.1, 0.15) is 20.3 Å². The summed E-state index contributed by atoms with van der Waals surface area (Å²) >= 11 is 0. The van der Waals surface area contributed by atoms with Crippen LogP contribution in [-0.4, -0.2) is 6.29 Å². The minimum Gasteiger partial charge on any atom is -0.299 e. The number of carbonyl (C=O) groups is 1. The summed E-state index contributed by atoms with van der Waals surface area (Å²) in [6.45, 7) is 4.04. The third-order valence-electron chi connectivity index (χ3n) is 0.964. The molecule has 0 saturated heterocycles. The Hall–Kier alpha value is -0.850. The number of hydrogen-bond acceptors (Lipinski definition) is 1. The molecule has 0 rings (SSSR count). The highest BCUT2D eigenvalue weighted by Crippen LogP contribution is 1.94. The lowest BCUT2D eigenvalue weighted by Gasteiger charge is -1.85. The summed E-state index contributed by atoms with van der Waals surface area (Å²) in [7, 11) is 0. The zero-order chi connectivity index (χ0) is 7.11. The van der Waals surface area contributed by atoms with E-state index < -0.39 is 0 Å². The highest BCUT2D eigenvalue weighted by molar-refractivity contribution is 5.65. The van der Waals surface area contributed by atoms with E-state index in [0.717, 1.165) is 18.3 Å². The SMILES string of the molecule is CCC=C(C)C=CC=O. The maximum Gasteiger partial charge on any atom is 0.142 e. The smallest absolute Gasteiger partial charge is 0.142 e. The molecule has 0 bridgehead atoms. The fourth-order valence-corrected chi connectivity index (χ4v) is 0.581. The lowest BCUT2D eigenvalue weighted by molar-refractivity contribution is -0.104. The van der Waals surface area contributed by atoms with Gasteiger partial charge in [0.2, 0.25) is 0 Å². The Bertz CT molecular complexity index is 132. The number of rotatable bonds is 3. The molecular weight excluding hydrogens is 112 g/mol. The largest absolute Gasteiger partial charge is 0.299 e. The molecule has 50 valence electrons. The van der Waals surface area contributed by atoms with Gasteiger partial charge in [-0.1, -0.05) is 24.6 Å². The molecule has 0 unspecified atom stereocenters. The average Bonchev–Trinajstić information content (AvgIpc) is 1.85. The number of carbonyl (C=O) groups excluding carboxylic acids is 1. The molecule has 0 aromatic heterocycles. The quantitative estimate of drug-likeness (QED) is 0.320. The molecule has 0 aromatic carbocycles. The van der Waals surface area contributed by atoms with Gasteiger partial charge in [0.15, 0.2) is 0 Å². The minimum atomic E-state index is 0.785. The Balaban J connectivity index is 3.74. The van der Waals surface area contributed by atoms with Gasteiger partial charge in [-0.2, -0.15) is 0 Å². The molecule has 0 heterocycles. The van der Waals surface area contributed by atoms with E-state index in [9.17, 15) is 4.79 Å². The van der Waals surface area contributed by atoms with Crippen molar-refractivity contribution in [3.05, 3.63) is 23.8 Å². The monoisotopic (exact) mass is 124 g/mol. The molecule has 0 atom stereocenters. The molecule has 0 aliphatic carbocycles. The van der Waals surface area contributed by atoms with Crippen LogP contribution in [0.3, 0.4) is 0 Å². The number of hydrogen-bond donors (Lipinski definition) is 0. The molecule has 0 amide bonds. The zero-order valence-corrected chi connectivity index (χ0v) is 5.92.